The molecule has 1 aliphatic heterocycles. The van der Waals surface area contributed by atoms with E-state index >= 15 is 0 Å². The lowest BCUT2D eigenvalue weighted by Gasteiger charge is -2.24. The zero-order chi connectivity index (χ0) is 27.8. The third-order valence-electron chi connectivity index (χ3n) is 5.13. The van der Waals surface area contributed by atoms with Gasteiger partial charge in [0, 0.05) is 54.3 Å². The van der Waals surface area contributed by atoms with Gasteiger partial charge in [0.05, 0.1) is 0 Å². The van der Waals surface area contributed by atoms with Gasteiger partial charge in [-0.1, -0.05) is 25.2 Å². The molecule has 198 valence electrons. The molecule has 1 heterocycles. The second-order valence-electron chi connectivity index (χ2n) is 8.19. The Morgan fingerprint density at radius 2 is 1.84 bits per heavy atom. The molecular weight excluding hydrogens is 465 g/mol. The monoisotopic (exact) mass is 505 g/mol. The summed E-state index contributed by atoms with van der Waals surface area (Å²) in [6.07, 6.45) is 10.00. The zero-order valence-electron chi connectivity index (χ0n) is 22.5. The first kappa shape index (κ1) is 30.7. The van der Waals surface area contributed by atoms with Crippen LogP contribution in [0.4, 0.5) is 21.5 Å². The standard InChI is InChI=1S/C20H22FN5.C8H15N.CH3N/c1-4-22-16-5-7-17(8-6-16)24-20-23-10-9-19(25-20)14-11-15(21)13-18(12-14)26(2)3;1-4-8(5-2)6-7(3)9;1-2/h4-13,20,22,24-25H,1H2,2-3H3;4,6H,5,9H2,1-3H3;2H,1H2/b;7-6-,8-4-;. The number of nitrogens with zero attached hydrogens (tertiary/aromatic N) is 2. The van der Waals surface area contributed by atoms with Crippen molar-refractivity contribution >= 4 is 35.7 Å². The molecule has 0 radical (unpaired) electrons. The van der Waals surface area contributed by atoms with E-state index in [2.05, 4.69) is 47.2 Å². The van der Waals surface area contributed by atoms with Gasteiger partial charge in [-0.05, 0) is 87.8 Å². The minimum absolute atomic E-state index is 0.272. The molecule has 0 bridgehead atoms. The number of aliphatic imine (C=N–C) groups is 1. The first-order valence-electron chi connectivity index (χ1n) is 11.9. The lowest BCUT2D eigenvalue weighted by atomic mass is 10.1. The number of nitrogens with one attached hydrogen (secondary N) is 4. The summed E-state index contributed by atoms with van der Waals surface area (Å²) in [7, 11) is 3.77. The van der Waals surface area contributed by atoms with Gasteiger partial charge in [-0.15, -0.1) is 0 Å². The first-order valence-corrected chi connectivity index (χ1v) is 11.9. The fraction of sp³-hybridized carbons (Fsp3) is 0.241. The van der Waals surface area contributed by atoms with Crippen LogP contribution < -0.4 is 26.6 Å². The van der Waals surface area contributed by atoms with Gasteiger partial charge in [0.15, 0.2) is 6.29 Å². The van der Waals surface area contributed by atoms with E-state index in [0.29, 0.717) is 0 Å². The van der Waals surface area contributed by atoms with Gasteiger partial charge in [0.2, 0.25) is 0 Å². The van der Waals surface area contributed by atoms with Crippen molar-refractivity contribution in [3.63, 3.8) is 0 Å². The molecular formula is C29H40FN7. The number of hydrogen-bond acceptors (Lipinski definition) is 7. The van der Waals surface area contributed by atoms with E-state index < -0.39 is 0 Å². The Labute approximate surface area is 220 Å². The SMILES string of the molecule is C/C=C(\C=C(\C)N)CC.C=CNc1ccc(NC2N=CC=C(c3cc(F)cc(N(C)C)c3)N2)cc1.C=N. The topological polar surface area (TPSA) is 102 Å². The van der Waals surface area contributed by atoms with Gasteiger partial charge in [0.25, 0.3) is 0 Å². The lowest BCUT2D eigenvalue weighted by molar-refractivity contribution is 0.626. The highest BCUT2D eigenvalue weighted by atomic mass is 19.1. The number of allylic oxidation sites excluding steroid dienone is 5. The van der Waals surface area contributed by atoms with Crippen LogP contribution in [0.3, 0.4) is 0 Å². The van der Waals surface area contributed by atoms with Crippen LogP contribution in [0.5, 0.6) is 0 Å². The van der Waals surface area contributed by atoms with E-state index in [-0.39, 0.29) is 12.1 Å². The van der Waals surface area contributed by atoms with Crippen molar-refractivity contribution in [1.29, 1.82) is 5.41 Å². The van der Waals surface area contributed by atoms with Crippen molar-refractivity contribution < 1.29 is 4.39 Å². The molecule has 0 saturated heterocycles. The summed E-state index contributed by atoms with van der Waals surface area (Å²) in [5.41, 5.74) is 11.9. The van der Waals surface area contributed by atoms with Crippen LogP contribution in [-0.2, 0) is 0 Å². The number of benzene rings is 2. The molecule has 0 aliphatic carbocycles. The van der Waals surface area contributed by atoms with Crippen molar-refractivity contribution in [2.75, 3.05) is 29.6 Å². The predicted octanol–water partition coefficient (Wildman–Crippen LogP) is 6.33. The smallest absolute Gasteiger partial charge is 0.194 e. The fourth-order valence-electron chi connectivity index (χ4n) is 3.30. The zero-order valence-corrected chi connectivity index (χ0v) is 22.5. The molecule has 3 rings (SSSR count). The third kappa shape index (κ3) is 10.9. The molecule has 0 spiro atoms. The van der Waals surface area contributed by atoms with Gasteiger partial charge in [-0.2, -0.15) is 0 Å². The Morgan fingerprint density at radius 3 is 2.35 bits per heavy atom. The maximum absolute atomic E-state index is 13.9. The summed E-state index contributed by atoms with van der Waals surface area (Å²) in [4.78, 5) is 6.25. The Balaban J connectivity index is 0.000000529. The summed E-state index contributed by atoms with van der Waals surface area (Å²) in [5.74, 6) is -0.272. The van der Waals surface area contributed by atoms with E-state index in [9.17, 15) is 4.39 Å². The molecule has 1 aliphatic rings. The third-order valence-corrected chi connectivity index (χ3v) is 5.13. The van der Waals surface area contributed by atoms with Crippen LogP contribution in [0.15, 0.2) is 89.7 Å². The molecule has 0 aromatic heterocycles. The summed E-state index contributed by atoms with van der Waals surface area (Å²) in [6, 6.07) is 12.8. The lowest BCUT2D eigenvalue weighted by Crippen LogP contribution is -2.35. The van der Waals surface area contributed by atoms with E-state index in [1.54, 1.807) is 12.4 Å². The van der Waals surface area contributed by atoms with Gasteiger partial charge < -0.3 is 32.0 Å². The van der Waals surface area contributed by atoms with Gasteiger partial charge >= 0.3 is 0 Å². The van der Waals surface area contributed by atoms with E-state index in [4.69, 9.17) is 11.1 Å². The first-order chi connectivity index (χ1) is 17.7. The summed E-state index contributed by atoms with van der Waals surface area (Å²) in [6.45, 7) is 12.2. The van der Waals surface area contributed by atoms with E-state index in [1.165, 1.54) is 17.7 Å². The second kappa shape index (κ2) is 16.4. The molecule has 1 atom stereocenters. The number of rotatable bonds is 8. The quantitative estimate of drug-likeness (QED) is 0.213. The van der Waals surface area contributed by atoms with Gasteiger partial charge in [0.1, 0.15) is 5.82 Å². The predicted molar refractivity (Wildman–Crippen MR) is 160 cm³/mol. The van der Waals surface area contributed by atoms with Crippen molar-refractivity contribution in [3.05, 3.63) is 96.1 Å². The molecule has 0 fully saturated rings. The Bertz CT molecular complexity index is 1110. The minimum atomic E-state index is -0.334. The highest BCUT2D eigenvalue weighted by molar-refractivity contribution is 5.86. The van der Waals surface area contributed by atoms with Crippen molar-refractivity contribution in [2.45, 2.75) is 33.5 Å². The van der Waals surface area contributed by atoms with Crippen LogP contribution in [0, 0.1) is 11.2 Å². The van der Waals surface area contributed by atoms with Crippen LogP contribution in [0.2, 0.25) is 0 Å². The average molecular weight is 506 g/mol. The van der Waals surface area contributed by atoms with Gasteiger partial charge in [-0.3, -0.25) is 0 Å². The van der Waals surface area contributed by atoms with Crippen LogP contribution in [0.1, 0.15) is 32.8 Å². The highest BCUT2D eigenvalue weighted by Gasteiger charge is 2.14. The molecule has 37 heavy (non-hydrogen) atoms. The van der Waals surface area contributed by atoms with E-state index in [1.807, 2.05) is 75.3 Å². The second-order valence-corrected chi connectivity index (χ2v) is 8.19. The van der Waals surface area contributed by atoms with Crippen LogP contribution >= 0.6 is 0 Å². The molecule has 0 amide bonds. The Kier molecular flexibility index (Phi) is 13.6. The number of hydrogen-bond donors (Lipinski definition) is 5. The molecule has 2 aromatic carbocycles. The molecule has 8 heteroatoms. The van der Waals surface area contributed by atoms with Crippen LogP contribution in [0.25, 0.3) is 5.70 Å². The largest absolute Gasteiger partial charge is 0.402 e. The molecule has 7 nitrogen and oxygen atoms in total. The molecule has 6 N–H and O–H groups in total. The molecule has 2 aromatic rings. The van der Waals surface area contributed by atoms with Crippen molar-refractivity contribution in [2.24, 2.45) is 10.7 Å². The van der Waals surface area contributed by atoms with Gasteiger partial charge in [-0.25, -0.2) is 9.38 Å². The molecule has 1 unspecified atom stereocenters. The number of halogens is 1. The molecule has 0 saturated carbocycles. The van der Waals surface area contributed by atoms with Crippen molar-refractivity contribution in [1.82, 2.24) is 5.32 Å². The summed E-state index contributed by atoms with van der Waals surface area (Å²) in [5, 5.41) is 15.1. The normalized spacial score (nSPS) is 14.5. The van der Waals surface area contributed by atoms with Crippen LogP contribution in [-0.4, -0.2) is 33.3 Å². The fourth-order valence-corrected chi connectivity index (χ4v) is 3.30. The minimum Gasteiger partial charge on any atom is -0.402 e. The average Bonchev–Trinajstić information content (AvgIpc) is 2.90. The summed E-state index contributed by atoms with van der Waals surface area (Å²) >= 11 is 0. The highest BCUT2D eigenvalue weighted by Crippen LogP contribution is 2.23. The number of anilines is 3. The Morgan fingerprint density at radius 1 is 1.19 bits per heavy atom. The maximum Gasteiger partial charge on any atom is 0.194 e. The number of nitrogens with two attached hydrogens (primary N) is 1. The maximum atomic E-state index is 13.9. The summed E-state index contributed by atoms with van der Waals surface area (Å²) < 4.78 is 13.9. The Hall–Kier alpha value is -4.33. The van der Waals surface area contributed by atoms with Crippen molar-refractivity contribution in [3.8, 4) is 0 Å². The van der Waals surface area contributed by atoms with E-state index in [0.717, 1.165) is 40.4 Å².